The lowest BCUT2D eigenvalue weighted by atomic mass is 10.1. The summed E-state index contributed by atoms with van der Waals surface area (Å²) in [5, 5.41) is 14.9. The topological polar surface area (TPSA) is 93.8 Å². The molecule has 0 atom stereocenters. The zero-order chi connectivity index (χ0) is 19.1. The first-order valence-electron chi connectivity index (χ1n) is 8.19. The predicted octanol–water partition coefficient (Wildman–Crippen LogP) is 3.30. The van der Waals surface area contributed by atoms with Crippen LogP contribution in [-0.2, 0) is 11.2 Å². The predicted molar refractivity (Wildman–Crippen MR) is 99.6 cm³/mol. The van der Waals surface area contributed by atoms with Crippen LogP contribution in [0.1, 0.15) is 29.2 Å². The van der Waals surface area contributed by atoms with E-state index in [4.69, 9.17) is 4.74 Å². The summed E-state index contributed by atoms with van der Waals surface area (Å²) in [7, 11) is 0. The summed E-state index contributed by atoms with van der Waals surface area (Å²) >= 11 is 0. The molecule has 7 nitrogen and oxygen atoms in total. The summed E-state index contributed by atoms with van der Waals surface area (Å²) in [4.78, 5) is 22.4. The molecule has 0 aromatic heterocycles. The number of carbonyl (C=O) groups is 1. The van der Waals surface area contributed by atoms with Crippen LogP contribution in [0.15, 0.2) is 41.5 Å². The van der Waals surface area contributed by atoms with Crippen molar-refractivity contribution in [3.8, 4) is 5.75 Å². The van der Waals surface area contributed by atoms with Crippen LogP contribution in [0.4, 0.5) is 5.69 Å². The molecule has 1 amide bonds. The van der Waals surface area contributed by atoms with Gasteiger partial charge in [0.05, 0.1) is 11.1 Å². The number of hydrogen-bond acceptors (Lipinski definition) is 5. The molecule has 0 radical (unpaired) electrons. The van der Waals surface area contributed by atoms with Gasteiger partial charge in [0.2, 0.25) is 0 Å². The van der Waals surface area contributed by atoms with Crippen LogP contribution in [0.5, 0.6) is 5.75 Å². The number of nitrogens with zero attached hydrogens (tertiary/aromatic N) is 2. The molecule has 0 saturated carbocycles. The van der Waals surface area contributed by atoms with Crippen molar-refractivity contribution in [2.24, 2.45) is 5.10 Å². The number of rotatable bonds is 7. The number of nitro groups is 1. The second-order valence-corrected chi connectivity index (χ2v) is 5.90. The molecule has 0 spiro atoms. The fourth-order valence-electron chi connectivity index (χ4n) is 2.51. The summed E-state index contributed by atoms with van der Waals surface area (Å²) in [5.74, 6) is 0.201. The number of carbonyl (C=O) groups excluding carboxylic acids is 1. The van der Waals surface area contributed by atoms with Gasteiger partial charge in [-0.1, -0.05) is 25.1 Å². The Kier molecular flexibility index (Phi) is 6.43. The van der Waals surface area contributed by atoms with Crippen molar-refractivity contribution < 1.29 is 14.5 Å². The minimum Gasteiger partial charge on any atom is -0.484 e. The third kappa shape index (κ3) is 5.41. The number of benzene rings is 2. The number of hydrazone groups is 1. The van der Waals surface area contributed by atoms with E-state index in [1.165, 1.54) is 12.3 Å². The average Bonchev–Trinajstić information content (AvgIpc) is 2.59. The van der Waals surface area contributed by atoms with Gasteiger partial charge in [-0.3, -0.25) is 14.9 Å². The molecule has 0 aliphatic carbocycles. The van der Waals surface area contributed by atoms with Crippen LogP contribution in [0.2, 0.25) is 0 Å². The van der Waals surface area contributed by atoms with Crippen LogP contribution in [0.3, 0.4) is 0 Å². The fourth-order valence-corrected chi connectivity index (χ4v) is 2.51. The number of hydrogen-bond donors (Lipinski definition) is 1. The molecule has 26 heavy (non-hydrogen) atoms. The Balaban J connectivity index is 1.92. The lowest BCUT2D eigenvalue weighted by Gasteiger charge is -2.07. The highest BCUT2D eigenvalue weighted by Crippen LogP contribution is 2.20. The van der Waals surface area contributed by atoms with Gasteiger partial charge in [-0.15, -0.1) is 0 Å². The number of aryl methyl sites for hydroxylation is 3. The molecule has 0 aliphatic rings. The van der Waals surface area contributed by atoms with E-state index in [9.17, 15) is 14.9 Å². The van der Waals surface area contributed by atoms with Crippen molar-refractivity contribution in [1.82, 2.24) is 5.43 Å². The van der Waals surface area contributed by atoms with Gasteiger partial charge in [-0.25, -0.2) is 5.43 Å². The Bertz CT molecular complexity index is 826. The van der Waals surface area contributed by atoms with Gasteiger partial charge in [-0.05, 0) is 43.5 Å². The molecule has 0 fully saturated rings. The summed E-state index contributed by atoms with van der Waals surface area (Å²) in [6.07, 6.45) is 1.93. The number of nitrogens with one attached hydrogen (secondary N) is 1. The van der Waals surface area contributed by atoms with Crippen molar-refractivity contribution in [2.75, 3.05) is 6.61 Å². The van der Waals surface area contributed by atoms with E-state index in [-0.39, 0.29) is 12.3 Å². The molecule has 0 heterocycles. The quantitative estimate of drug-likeness (QED) is 0.468. The third-order valence-corrected chi connectivity index (χ3v) is 3.65. The zero-order valence-corrected chi connectivity index (χ0v) is 15.0. The summed E-state index contributed by atoms with van der Waals surface area (Å²) in [5.41, 5.74) is 5.67. The Morgan fingerprint density at radius 1 is 1.23 bits per heavy atom. The van der Waals surface area contributed by atoms with Gasteiger partial charge in [0.1, 0.15) is 5.75 Å². The summed E-state index contributed by atoms with van der Waals surface area (Å²) < 4.78 is 5.44. The Morgan fingerprint density at radius 2 is 1.92 bits per heavy atom. The van der Waals surface area contributed by atoms with Crippen molar-refractivity contribution in [3.63, 3.8) is 0 Å². The normalized spacial score (nSPS) is 10.7. The van der Waals surface area contributed by atoms with E-state index in [0.717, 1.165) is 11.1 Å². The van der Waals surface area contributed by atoms with Gasteiger partial charge >= 0.3 is 0 Å². The van der Waals surface area contributed by atoms with Gasteiger partial charge < -0.3 is 4.74 Å². The highest BCUT2D eigenvalue weighted by Gasteiger charge is 2.12. The van der Waals surface area contributed by atoms with Crippen LogP contribution in [-0.4, -0.2) is 23.7 Å². The second-order valence-electron chi connectivity index (χ2n) is 5.90. The van der Waals surface area contributed by atoms with Crippen LogP contribution in [0, 0.1) is 24.0 Å². The molecule has 0 saturated heterocycles. The first-order valence-corrected chi connectivity index (χ1v) is 8.19. The number of ether oxygens (including phenoxy) is 1. The van der Waals surface area contributed by atoms with Crippen molar-refractivity contribution in [1.29, 1.82) is 0 Å². The third-order valence-electron chi connectivity index (χ3n) is 3.65. The number of nitro benzene ring substituents is 1. The molecular weight excluding hydrogens is 334 g/mol. The molecule has 0 aliphatic heterocycles. The molecule has 2 rings (SSSR count). The maximum absolute atomic E-state index is 11.8. The molecule has 0 bridgehead atoms. The smallest absolute Gasteiger partial charge is 0.277 e. The van der Waals surface area contributed by atoms with E-state index in [0.29, 0.717) is 23.3 Å². The Hall–Kier alpha value is -3.22. The maximum atomic E-state index is 11.8. The molecular formula is C19H21N3O4. The van der Waals surface area contributed by atoms with Gasteiger partial charge in [0.15, 0.2) is 6.61 Å². The molecule has 0 unspecified atom stereocenters. The first kappa shape index (κ1) is 19.1. The lowest BCUT2D eigenvalue weighted by molar-refractivity contribution is -0.385. The minimum absolute atomic E-state index is 0.0425. The SMILES string of the molecule is CCc1ccc(/C=N\NC(=O)COc2cc(C)cc(C)c2)cc1[N+](=O)[O-]. The van der Waals surface area contributed by atoms with E-state index in [1.807, 2.05) is 39.0 Å². The lowest BCUT2D eigenvalue weighted by Crippen LogP contribution is -2.24. The molecule has 2 aromatic rings. The van der Waals surface area contributed by atoms with E-state index >= 15 is 0 Å². The summed E-state index contributed by atoms with van der Waals surface area (Å²) in [6.45, 7) is 5.58. The standard InChI is InChI=1S/C19H21N3O4/c1-4-16-6-5-15(10-18(16)22(24)25)11-20-21-19(23)12-26-17-8-13(2)7-14(3)9-17/h5-11H,4,12H2,1-3H3,(H,21,23)/b20-11-. The molecule has 2 aromatic carbocycles. The number of amides is 1. The van der Waals surface area contributed by atoms with Gasteiger partial charge in [-0.2, -0.15) is 5.10 Å². The Morgan fingerprint density at radius 3 is 2.54 bits per heavy atom. The van der Waals surface area contributed by atoms with Crippen LogP contribution < -0.4 is 10.2 Å². The largest absolute Gasteiger partial charge is 0.484 e. The van der Waals surface area contributed by atoms with E-state index in [1.54, 1.807) is 12.1 Å². The van der Waals surface area contributed by atoms with Crippen molar-refractivity contribution >= 4 is 17.8 Å². The Labute approximate surface area is 151 Å². The molecule has 7 heteroatoms. The fraction of sp³-hybridized carbons (Fsp3) is 0.263. The highest BCUT2D eigenvalue weighted by molar-refractivity contribution is 5.83. The van der Waals surface area contributed by atoms with Crippen molar-refractivity contribution in [2.45, 2.75) is 27.2 Å². The monoisotopic (exact) mass is 355 g/mol. The maximum Gasteiger partial charge on any atom is 0.277 e. The average molecular weight is 355 g/mol. The molecule has 136 valence electrons. The first-order chi connectivity index (χ1) is 12.4. The van der Waals surface area contributed by atoms with Gasteiger partial charge in [0, 0.05) is 17.2 Å². The van der Waals surface area contributed by atoms with Crippen LogP contribution in [0.25, 0.3) is 0 Å². The second kappa shape index (κ2) is 8.75. The van der Waals surface area contributed by atoms with Crippen LogP contribution >= 0.6 is 0 Å². The summed E-state index contributed by atoms with van der Waals surface area (Å²) in [6, 6.07) is 10.5. The van der Waals surface area contributed by atoms with Gasteiger partial charge in [0.25, 0.3) is 11.6 Å². The molecule has 1 N–H and O–H groups in total. The van der Waals surface area contributed by atoms with E-state index < -0.39 is 10.8 Å². The van der Waals surface area contributed by atoms with E-state index in [2.05, 4.69) is 10.5 Å². The zero-order valence-electron chi connectivity index (χ0n) is 15.0. The minimum atomic E-state index is -0.424. The highest BCUT2D eigenvalue weighted by atomic mass is 16.6. The van der Waals surface area contributed by atoms with Crippen molar-refractivity contribution in [3.05, 3.63) is 68.8 Å².